The summed E-state index contributed by atoms with van der Waals surface area (Å²) in [7, 11) is 0. The standard InChI is InChI=1S/C24H42O5/c1-3-5-6-9-16-24(29,4-2)17-10-13-21-19(14-15-22(21)26)11-7-8-12-20(25)18-23(27)28/h4,10,13,19-22,25-26,29H,2-3,5-9,11-12,14-18H2,1H3,(H,27,28)/t19-,20?,21+,22+,24?/m0/s1. The van der Waals surface area contributed by atoms with Crippen molar-refractivity contribution < 1.29 is 25.2 Å². The van der Waals surface area contributed by atoms with Gasteiger partial charge in [0.1, 0.15) is 0 Å². The third kappa shape index (κ3) is 10.4. The van der Waals surface area contributed by atoms with Crippen molar-refractivity contribution in [2.75, 3.05) is 0 Å². The summed E-state index contributed by atoms with van der Waals surface area (Å²) in [5, 5.41) is 39.4. The Hall–Kier alpha value is -1.17. The molecule has 0 amide bonds. The van der Waals surface area contributed by atoms with Gasteiger partial charge in [-0.1, -0.05) is 63.7 Å². The molecule has 29 heavy (non-hydrogen) atoms. The molecular formula is C24H42O5. The van der Waals surface area contributed by atoms with Crippen LogP contribution in [0.4, 0.5) is 0 Å². The molecule has 1 saturated carbocycles. The molecule has 1 aliphatic rings. The first kappa shape index (κ1) is 25.9. The largest absolute Gasteiger partial charge is 0.481 e. The van der Waals surface area contributed by atoms with Gasteiger partial charge < -0.3 is 20.4 Å². The van der Waals surface area contributed by atoms with Crippen molar-refractivity contribution in [1.82, 2.24) is 0 Å². The van der Waals surface area contributed by atoms with E-state index in [1.807, 2.05) is 6.08 Å². The fourth-order valence-corrected chi connectivity index (χ4v) is 4.37. The summed E-state index contributed by atoms with van der Waals surface area (Å²) in [5.41, 5.74) is -0.871. The maximum atomic E-state index is 10.7. The molecule has 0 aliphatic heterocycles. The second-order valence-electron chi connectivity index (χ2n) is 8.77. The third-order valence-electron chi connectivity index (χ3n) is 6.27. The van der Waals surface area contributed by atoms with E-state index in [1.165, 1.54) is 12.8 Å². The quantitative estimate of drug-likeness (QED) is 0.220. The van der Waals surface area contributed by atoms with Gasteiger partial charge in [0.15, 0.2) is 0 Å². The molecule has 0 aromatic carbocycles. The van der Waals surface area contributed by atoms with E-state index in [0.29, 0.717) is 18.8 Å². The predicted molar refractivity (Wildman–Crippen MR) is 117 cm³/mol. The number of aliphatic carboxylic acids is 1. The molecule has 5 atom stereocenters. The van der Waals surface area contributed by atoms with E-state index < -0.39 is 17.7 Å². The van der Waals surface area contributed by atoms with E-state index in [-0.39, 0.29) is 18.4 Å². The minimum absolute atomic E-state index is 0.105. The Balaban J connectivity index is 2.42. The molecular weight excluding hydrogens is 368 g/mol. The number of rotatable bonds is 16. The average Bonchev–Trinajstić information content (AvgIpc) is 3.02. The molecule has 0 aromatic rings. The van der Waals surface area contributed by atoms with Crippen molar-refractivity contribution in [3.63, 3.8) is 0 Å². The first-order valence-corrected chi connectivity index (χ1v) is 11.4. The first-order valence-electron chi connectivity index (χ1n) is 11.4. The number of unbranched alkanes of at least 4 members (excludes halogenated alkanes) is 4. The van der Waals surface area contributed by atoms with Crippen molar-refractivity contribution in [1.29, 1.82) is 0 Å². The minimum Gasteiger partial charge on any atom is -0.481 e. The molecule has 0 aromatic heterocycles. The number of aliphatic hydroxyl groups is 3. The Kier molecular flexibility index (Phi) is 12.4. The predicted octanol–water partition coefficient (Wildman–Crippen LogP) is 4.60. The van der Waals surface area contributed by atoms with Crippen molar-refractivity contribution in [2.24, 2.45) is 11.8 Å². The van der Waals surface area contributed by atoms with Crippen LogP contribution in [0.3, 0.4) is 0 Å². The van der Waals surface area contributed by atoms with E-state index >= 15 is 0 Å². The van der Waals surface area contributed by atoms with Gasteiger partial charge in [-0.05, 0) is 44.4 Å². The van der Waals surface area contributed by atoms with Crippen LogP contribution in [0, 0.1) is 11.8 Å². The molecule has 1 aliphatic carbocycles. The zero-order chi connectivity index (χ0) is 21.7. The summed E-state index contributed by atoms with van der Waals surface area (Å²) in [4.78, 5) is 10.6. The highest BCUT2D eigenvalue weighted by Gasteiger charge is 2.32. The van der Waals surface area contributed by atoms with Crippen LogP contribution in [0.25, 0.3) is 0 Å². The number of aliphatic hydroxyl groups excluding tert-OH is 2. The van der Waals surface area contributed by atoms with Crippen molar-refractivity contribution >= 4 is 5.97 Å². The summed E-state index contributed by atoms with van der Waals surface area (Å²) in [6, 6.07) is 0. The van der Waals surface area contributed by atoms with Crippen LogP contribution >= 0.6 is 0 Å². The third-order valence-corrected chi connectivity index (χ3v) is 6.27. The van der Waals surface area contributed by atoms with Crippen LogP contribution < -0.4 is 0 Å². The molecule has 4 N–H and O–H groups in total. The second kappa shape index (κ2) is 13.9. The highest BCUT2D eigenvalue weighted by molar-refractivity contribution is 5.67. The number of carbonyl (C=O) groups is 1. The van der Waals surface area contributed by atoms with Gasteiger partial charge >= 0.3 is 5.97 Å². The number of hydrogen-bond donors (Lipinski definition) is 4. The summed E-state index contributed by atoms with van der Waals surface area (Å²) in [5.74, 6) is -0.459. The molecule has 2 unspecified atom stereocenters. The number of carboxylic acids is 1. The van der Waals surface area contributed by atoms with Crippen molar-refractivity contribution in [2.45, 2.75) is 108 Å². The van der Waals surface area contributed by atoms with Gasteiger partial charge in [-0.2, -0.15) is 0 Å². The Morgan fingerprint density at radius 2 is 1.97 bits per heavy atom. The lowest BCUT2D eigenvalue weighted by atomic mass is 9.87. The van der Waals surface area contributed by atoms with Crippen molar-refractivity contribution in [3.05, 3.63) is 24.8 Å². The molecule has 0 saturated heterocycles. The normalized spacial score (nSPS) is 25.2. The van der Waals surface area contributed by atoms with Gasteiger partial charge in [0.2, 0.25) is 0 Å². The average molecular weight is 411 g/mol. The van der Waals surface area contributed by atoms with Gasteiger partial charge in [-0.15, -0.1) is 6.58 Å². The molecule has 0 spiro atoms. The van der Waals surface area contributed by atoms with Crippen LogP contribution in [-0.4, -0.2) is 44.2 Å². The fourth-order valence-electron chi connectivity index (χ4n) is 4.37. The van der Waals surface area contributed by atoms with Crippen LogP contribution in [0.1, 0.15) is 90.4 Å². The molecule has 0 heterocycles. The summed E-state index contributed by atoms with van der Waals surface area (Å²) in [6.07, 6.45) is 15.1. The highest BCUT2D eigenvalue weighted by Crippen LogP contribution is 2.37. The van der Waals surface area contributed by atoms with Crippen LogP contribution in [-0.2, 0) is 4.79 Å². The van der Waals surface area contributed by atoms with Crippen molar-refractivity contribution in [3.8, 4) is 0 Å². The summed E-state index contributed by atoms with van der Waals surface area (Å²) >= 11 is 0. The SMILES string of the molecule is C=CC(O)(CC=C[C@@H]1[C@@H](CCCCC(O)CC(=O)O)CC[C@H]1O)CCCCCC. The lowest BCUT2D eigenvalue weighted by Crippen LogP contribution is -2.25. The Morgan fingerprint density at radius 3 is 2.62 bits per heavy atom. The molecule has 168 valence electrons. The van der Waals surface area contributed by atoms with E-state index in [4.69, 9.17) is 5.11 Å². The topological polar surface area (TPSA) is 98.0 Å². The number of carboxylic acid groups (broad SMARTS) is 1. The zero-order valence-electron chi connectivity index (χ0n) is 18.1. The smallest absolute Gasteiger partial charge is 0.305 e. The van der Waals surface area contributed by atoms with Gasteiger partial charge in [-0.25, -0.2) is 0 Å². The maximum Gasteiger partial charge on any atom is 0.305 e. The fraction of sp³-hybridized carbons (Fsp3) is 0.792. The minimum atomic E-state index is -0.966. The van der Waals surface area contributed by atoms with E-state index in [2.05, 4.69) is 19.6 Å². The Morgan fingerprint density at radius 1 is 1.21 bits per heavy atom. The molecule has 5 heteroatoms. The summed E-state index contributed by atoms with van der Waals surface area (Å²) in [6.45, 7) is 5.97. The van der Waals surface area contributed by atoms with Crippen LogP contribution in [0.15, 0.2) is 24.8 Å². The van der Waals surface area contributed by atoms with E-state index in [9.17, 15) is 20.1 Å². The lowest BCUT2D eigenvalue weighted by Gasteiger charge is -2.24. The summed E-state index contributed by atoms with van der Waals surface area (Å²) < 4.78 is 0. The molecule has 5 nitrogen and oxygen atoms in total. The van der Waals surface area contributed by atoms with E-state index in [0.717, 1.165) is 51.4 Å². The molecule has 0 bridgehead atoms. The monoisotopic (exact) mass is 410 g/mol. The Labute approximate surface area is 176 Å². The van der Waals surface area contributed by atoms with Crippen LogP contribution in [0.2, 0.25) is 0 Å². The van der Waals surface area contributed by atoms with Gasteiger partial charge in [0.05, 0.1) is 24.2 Å². The number of hydrogen-bond acceptors (Lipinski definition) is 4. The van der Waals surface area contributed by atoms with Gasteiger partial charge in [0, 0.05) is 5.92 Å². The highest BCUT2D eigenvalue weighted by atomic mass is 16.4. The first-order chi connectivity index (χ1) is 13.8. The molecule has 0 radical (unpaired) electrons. The Bertz CT molecular complexity index is 503. The lowest BCUT2D eigenvalue weighted by molar-refractivity contribution is -0.139. The molecule has 1 fully saturated rings. The molecule has 1 rings (SSSR count). The maximum absolute atomic E-state index is 10.7. The van der Waals surface area contributed by atoms with E-state index in [1.54, 1.807) is 6.08 Å². The van der Waals surface area contributed by atoms with Gasteiger partial charge in [-0.3, -0.25) is 4.79 Å². The van der Waals surface area contributed by atoms with Crippen LogP contribution in [0.5, 0.6) is 0 Å². The second-order valence-corrected chi connectivity index (χ2v) is 8.77. The van der Waals surface area contributed by atoms with Gasteiger partial charge in [0.25, 0.3) is 0 Å². The zero-order valence-corrected chi connectivity index (χ0v) is 18.1.